The molecule has 114 valence electrons. The molecular formula is C17H14N4OS. The van der Waals surface area contributed by atoms with E-state index in [1.54, 1.807) is 12.4 Å². The van der Waals surface area contributed by atoms with Gasteiger partial charge in [-0.3, -0.25) is 4.79 Å². The molecule has 0 saturated heterocycles. The third-order valence-electron chi connectivity index (χ3n) is 3.67. The monoisotopic (exact) mass is 322 g/mol. The Kier molecular flexibility index (Phi) is 3.51. The molecule has 0 bridgehead atoms. The Bertz CT molecular complexity index is 883. The summed E-state index contributed by atoms with van der Waals surface area (Å²) in [5, 5.41) is 4.09. The lowest BCUT2D eigenvalue weighted by Crippen LogP contribution is -2.23. The standard InChI is InChI=1S/C17H14N4OS/c22-17(12-5-6-15-16(8-12)23-20-10-19-15)18-9-13-7-11-3-1-2-4-14(11)21-13/h1-8,10,21H,9H2,(H,18,22)(H,19,20). The minimum absolute atomic E-state index is 0.0957. The quantitative estimate of drug-likeness (QED) is 0.648. The topological polar surface area (TPSA) is 69.3 Å². The minimum atomic E-state index is -0.0957. The van der Waals surface area contributed by atoms with E-state index in [-0.39, 0.29) is 5.91 Å². The normalized spacial score (nSPS) is 12.7. The molecule has 0 radical (unpaired) electrons. The molecule has 3 N–H and O–H groups in total. The average molecular weight is 322 g/mol. The molecule has 0 unspecified atom stereocenters. The largest absolute Gasteiger partial charge is 0.357 e. The van der Waals surface area contributed by atoms with Gasteiger partial charge in [0.25, 0.3) is 5.91 Å². The van der Waals surface area contributed by atoms with Crippen molar-refractivity contribution < 1.29 is 4.79 Å². The molecule has 1 aliphatic rings. The highest BCUT2D eigenvalue weighted by molar-refractivity contribution is 7.98. The van der Waals surface area contributed by atoms with Crippen LogP contribution in [0.2, 0.25) is 0 Å². The molecule has 1 aliphatic heterocycles. The molecule has 2 heterocycles. The van der Waals surface area contributed by atoms with Crippen LogP contribution in [0.15, 0.2) is 58.4 Å². The third-order valence-corrected chi connectivity index (χ3v) is 4.44. The van der Waals surface area contributed by atoms with Gasteiger partial charge >= 0.3 is 0 Å². The molecule has 5 nitrogen and oxygen atoms in total. The number of H-pyrrole nitrogens is 1. The molecular weight excluding hydrogens is 308 g/mol. The molecule has 0 spiro atoms. The summed E-state index contributed by atoms with van der Waals surface area (Å²) in [6, 6.07) is 15.6. The number of hydrogen-bond acceptors (Lipinski definition) is 4. The fourth-order valence-corrected chi connectivity index (χ4v) is 3.18. The van der Waals surface area contributed by atoms with Gasteiger partial charge in [-0.25, -0.2) is 4.99 Å². The lowest BCUT2D eigenvalue weighted by Gasteiger charge is -2.11. The lowest BCUT2D eigenvalue weighted by molar-refractivity contribution is 0.0950. The number of aromatic nitrogens is 1. The van der Waals surface area contributed by atoms with Gasteiger partial charge in [-0.1, -0.05) is 18.2 Å². The first-order chi connectivity index (χ1) is 11.3. The van der Waals surface area contributed by atoms with E-state index in [0.717, 1.165) is 27.2 Å². The lowest BCUT2D eigenvalue weighted by atomic mass is 10.2. The number of nitrogens with zero attached hydrogens (tertiary/aromatic N) is 1. The zero-order chi connectivity index (χ0) is 15.6. The molecule has 23 heavy (non-hydrogen) atoms. The van der Waals surface area contributed by atoms with Gasteiger partial charge in [0, 0.05) is 16.8 Å². The summed E-state index contributed by atoms with van der Waals surface area (Å²) in [5.41, 5.74) is 3.57. The Labute approximate surface area is 137 Å². The molecule has 0 saturated carbocycles. The fraction of sp³-hybridized carbons (Fsp3) is 0.0588. The van der Waals surface area contributed by atoms with Crippen LogP contribution in [0.25, 0.3) is 10.9 Å². The Morgan fingerprint density at radius 3 is 3.00 bits per heavy atom. The summed E-state index contributed by atoms with van der Waals surface area (Å²) in [6.07, 6.45) is 1.64. The Morgan fingerprint density at radius 2 is 2.09 bits per heavy atom. The third kappa shape index (κ3) is 2.80. The molecule has 6 heteroatoms. The van der Waals surface area contributed by atoms with Crippen molar-refractivity contribution in [2.24, 2.45) is 4.99 Å². The average Bonchev–Trinajstić information content (AvgIpc) is 3.02. The zero-order valence-corrected chi connectivity index (χ0v) is 13.0. The van der Waals surface area contributed by atoms with Gasteiger partial charge in [-0.2, -0.15) is 0 Å². The van der Waals surface area contributed by atoms with Crippen LogP contribution < -0.4 is 10.0 Å². The van der Waals surface area contributed by atoms with Crippen LogP contribution in [-0.2, 0) is 6.54 Å². The van der Waals surface area contributed by atoms with Gasteiger partial charge in [0.1, 0.15) is 0 Å². The van der Waals surface area contributed by atoms with Crippen molar-refractivity contribution in [2.45, 2.75) is 11.4 Å². The van der Waals surface area contributed by atoms with Gasteiger partial charge in [0.15, 0.2) is 0 Å². The van der Waals surface area contributed by atoms with Crippen LogP contribution in [0.3, 0.4) is 0 Å². The van der Waals surface area contributed by atoms with Gasteiger partial charge in [0.2, 0.25) is 0 Å². The van der Waals surface area contributed by atoms with Gasteiger partial charge in [-0.15, -0.1) is 0 Å². The van der Waals surface area contributed by atoms with Gasteiger partial charge < -0.3 is 15.0 Å². The smallest absolute Gasteiger partial charge is 0.251 e. The maximum absolute atomic E-state index is 12.3. The molecule has 4 rings (SSSR count). The predicted molar refractivity (Wildman–Crippen MR) is 93.1 cm³/mol. The maximum atomic E-state index is 12.3. The van der Waals surface area contributed by atoms with Crippen molar-refractivity contribution >= 4 is 40.8 Å². The highest BCUT2D eigenvalue weighted by Gasteiger charge is 2.12. The predicted octanol–water partition coefficient (Wildman–Crippen LogP) is 3.37. The summed E-state index contributed by atoms with van der Waals surface area (Å²) in [5.74, 6) is -0.0957. The Balaban J connectivity index is 1.48. The van der Waals surface area contributed by atoms with E-state index in [1.165, 1.54) is 11.9 Å². The molecule has 1 aromatic heterocycles. The van der Waals surface area contributed by atoms with E-state index >= 15 is 0 Å². The number of fused-ring (bicyclic) bond motifs is 2. The molecule has 0 atom stereocenters. The first-order valence-electron chi connectivity index (χ1n) is 7.23. The second-order valence-corrected chi connectivity index (χ2v) is 6.10. The highest BCUT2D eigenvalue weighted by atomic mass is 32.2. The summed E-state index contributed by atoms with van der Waals surface area (Å²) in [7, 11) is 0. The van der Waals surface area contributed by atoms with Gasteiger partial charge in [0.05, 0.1) is 23.5 Å². The van der Waals surface area contributed by atoms with Crippen LogP contribution in [0.5, 0.6) is 0 Å². The number of carbonyl (C=O) groups excluding carboxylic acids is 1. The molecule has 2 aromatic carbocycles. The second-order valence-electron chi connectivity index (χ2n) is 5.23. The number of rotatable bonds is 3. The highest BCUT2D eigenvalue weighted by Crippen LogP contribution is 2.30. The molecule has 0 fully saturated rings. The summed E-state index contributed by atoms with van der Waals surface area (Å²) in [4.78, 5) is 20.8. The number of nitrogens with one attached hydrogen (secondary N) is 3. The van der Waals surface area contributed by atoms with Crippen molar-refractivity contribution in [3.8, 4) is 0 Å². The first kappa shape index (κ1) is 13.9. The van der Waals surface area contributed by atoms with E-state index in [1.807, 2.05) is 36.4 Å². The summed E-state index contributed by atoms with van der Waals surface area (Å²) < 4.78 is 2.97. The number of benzene rings is 2. The van der Waals surface area contributed by atoms with Crippen LogP contribution >= 0.6 is 11.9 Å². The fourth-order valence-electron chi connectivity index (χ4n) is 2.54. The molecule has 3 aromatic rings. The molecule has 1 amide bonds. The Morgan fingerprint density at radius 1 is 1.17 bits per heavy atom. The number of amides is 1. The second kappa shape index (κ2) is 5.81. The SMILES string of the molecule is O=C(NCc1cc2ccccc2[nH]1)c1ccc2c(c1)SNC=N2. The van der Waals surface area contributed by atoms with Gasteiger partial charge in [-0.05, 0) is 47.7 Å². The number of para-hydroxylation sites is 1. The van der Waals surface area contributed by atoms with Crippen LogP contribution in [0.1, 0.15) is 16.1 Å². The van der Waals surface area contributed by atoms with E-state index < -0.39 is 0 Å². The van der Waals surface area contributed by atoms with Crippen molar-refractivity contribution in [1.29, 1.82) is 0 Å². The van der Waals surface area contributed by atoms with Crippen molar-refractivity contribution in [2.75, 3.05) is 0 Å². The van der Waals surface area contributed by atoms with E-state index in [0.29, 0.717) is 12.1 Å². The first-order valence-corrected chi connectivity index (χ1v) is 8.05. The van der Waals surface area contributed by atoms with Crippen molar-refractivity contribution in [1.82, 2.24) is 15.0 Å². The van der Waals surface area contributed by atoms with Crippen molar-refractivity contribution in [3.63, 3.8) is 0 Å². The van der Waals surface area contributed by atoms with Crippen LogP contribution in [0, 0.1) is 0 Å². The van der Waals surface area contributed by atoms with Crippen LogP contribution in [0.4, 0.5) is 5.69 Å². The van der Waals surface area contributed by atoms with Crippen molar-refractivity contribution in [3.05, 3.63) is 59.8 Å². The van der Waals surface area contributed by atoms with Crippen LogP contribution in [-0.4, -0.2) is 17.2 Å². The summed E-state index contributed by atoms with van der Waals surface area (Å²) >= 11 is 1.45. The number of carbonyl (C=O) groups is 1. The summed E-state index contributed by atoms with van der Waals surface area (Å²) in [6.45, 7) is 0.466. The molecule has 0 aliphatic carbocycles. The number of hydrogen-bond donors (Lipinski definition) is 3. The zero-order valence-electron chi connectivity index (χ0n) is 12.2. The van der Waals surface area contributed by atoms with E-state index in [2.05, 4.69) is 26.1 Å². The minimum Gasteiger partial charge on any atom is -0.357 e. The maximum Gasteiger partial charge on any atom is 0.251 e. The van der Waals surface area contributed by atoms with E-state index in [9.17, 15) is 4.79 Å². The van der Waals surface area contributed by atoms with E-state index in [4.69, 9.17) is 0 Å². The Hall–Kier alpha value is -2.73. The number of aliphatic imine (C=N–C) groups is 1. The number of aromatic amines is 1.